The number of ketones is 1. The Morgan fingerprint density at radius 2 is 1.81 bits per heavy atom. The number of thioether (sulfide) groups is 1. The van der Waals surface area contributed by atoms with Crippen LogP contribution in [0.25, 0.3) is 0 Å². The number of carbonyl (C=O) groups is 1. The van der Waals surface area contributed by atoms with Gasteiger partial charge < -0.3 is 0 Å². The van der Waals surface area contributed by atoms with Crippen molar-refractivity contribution >= 4 is 29.1 Å². The molecule has 6 heteroatoms. The van der Waals surface area contributed by atoms with Gasteiger partial charge >= 0.3 is 5.51 Å². The van der Waals surface area contributed by atoms with Gasteiger partial charge in [-0.3, -0.25) is 4.79 Å². The molecule has 1 aromatic rings. The van der Waals surface area contributed by atoms with Crippen molar-refractivity contribution in [1.29, 1.82) is 0 Å². The number of rotatable bonds is 3. The van der Waals surface area contributed by atoms with E-state index in [0.717, 1.165) is 0 Å². The highest BCUT2D eigenvalue weighted by atomic mass is 35.5. The molecule has 0 spiro atoms. The minimum absolute atomic E-state index is 0.0475. The SMILES string of the molecule is CC(Cl)C(=O)c1ccc(SC(F)(F)F)cc1. The first kappa shape index (κ1) is 13.4. The number of alkyl halides is 4. The van der Waals surface area contributed by atoms with E-state index in [2.05, 4.69) is 0 Å². The Hall–Kier alpha value is -0.680. The lowest BCUT2D eigenvalue weighted by Crippen LogP contribution is -2.10. The predicted molar refractivity (Wildman–Crippen MR) is 58.0 cm³/mol. The molecule has 88 valence electrons. The van der Waals surface area contributed by atoms with E-state index in [1.165, 1.54) is 31.2 Å². The number of halogens is 4. The molecule has 0 bridgehead atoms. The van der Waals surface area contributed by atoms with Gasteiger partial charge in [0.2, 0.25) is 0 Å². The van der Waals surface area contributed by atoms with Gasteiger partial charge in [-0.1, -0.05) is 12.1 Å². The van der Waals surface area contributed by atoms with E-state index in [0.29, 0.717) is 5.56 Å². The molecule has 0 aromatic heterocycles. The lowest BCUT2D eigenvalue weighted by atomic mass is 10.1. The molecule has 16 heavy (non-hydrogen) atoms. The van der Waals surface area contributed by atoms with Gasteiger partial charge in [-0.2, -0.15) is 13.2 Å². The summed E-state index contributed by atoms with van der Waals surface area (Å²) in [5, 5.41) is -0.680. The second-order valence-electron chi connectivity index (χ2n) is 3.05. The molecule has 0 aliphatic carbocycles. The van der Waals surface area contributed by atoms with Crippen molar-refractivity contribution in [2.45, 2.75) is 22.7 Å². The van der Waals surface area contributed by atoms with Crippen LogP contribution in [0.15, 0.2) is 29.2 Å². The fourth-order valence-electron chi connectivity index (χ4n) is 1.05. The maximum Gasteiger partial charge on any atom is 0.446 e. The lowest BCUT2D eigenvalue weighted by Gasteiger charge is -2.06. The zero-order valence-corrected chi connectivity index (χ0v) is 9.79. The van der Waals surface area contributed by atoms with Gasteiger partial charge in [0.05, 0.1) is 5.38 Å². The van der Waals surface area contributed by atoms with Crippen molar-refractivity contribution in [3.63, 3.8) is 0 Å². The van der Waals surface area contributed by atoms with Crippen LogP contribution < -0.4 is 0 Å². The Kier molecular flexibility index (Phi) is 4.27. The number of carbonyl (C=O) groups excluding carboxylic acids is 1. The van der Waals surface area contributed by atoms with E-state index in [1.807, 2.05) is 0 Å². The minimum Gasteiger partial charge on any atom is -0.293 e. The van der Waals surface area contributed by atoms with E-state index >= 15 is 0 Å². The summed E-state index contributed by atoms with van der Waals surface area (Å²) in [6.45, 7) is 1.52. The number of hydrogen-bond acceptors (Lipinski definition) is 2. The largest absolute Gasteiger partial charge is 0.446 e. The normalized spacial score (nSPS) is 13.6. The molecule has 1 aromatic carbocycles. The van der Waals surface area contributed by atoms with E-state index in [9.17, 15) is 18.0 Å². The van der Waals surface area contributed by atoms with Gasteiger partial charge in [-0.25, -0.2) is 0 Å². The zero-order valence-electron chi connectivity index (χ0n) is 8.22. The third-order valence-corrected chi connectivity index (χ3v) is 2.67. The molecule has 0 saturated heterocycles. The highest BCUT2D eigenvalue weighted by molar-refractivity contribution is 8.00. The topological polar surface area (TPSA) is 17.1 Å². The van der Waals surface area contributed by atoms with E-state index in [4.69, 9.17) is 11.6 Å². The predicted octanol–water partition coefficient (Wildman–Crippen LogP) is 4.11. The van der Waals surface area contributed by atoms with Crippen LogP contribution in [0.1, 0.15) is 17.3 Å². The Morgan fingerprint density at radius 1 is 1.31 bits per heavy atom. The third kappa shape index (κ3) is 4.06. The van der Waals surface area contributed by atoms with E-state index < -0.39 is 10.9 Å². The van der Waals surface area contributed by atoms with Crippen LogP contribution in [-0.4, -0.2) is 16.7 Å². The maximum atomic E-state index is 12.0. The molecule has 0 heterocycles. The Bertz CT molecular complexity index is 373. The second-order valence-corrected chi connectivity index (χ2v) is 4.85. The highest BCUT2D eigenvalue weighted by Crippen LogP contribution is 2.36. The average Bonchev–Trinajstić information content (AvgIpc) is 2.15. The summed E-state index contributed by atoms with van der Waals surface area (Å²) >= 11 is 5.36. The van der Waals surface area contributed by atoms with Gasteiger partial charge in [0.25, 0.3) is 0 Å². The van der Waals surface area contributed by atoms with Crippen LogP contribution in [0.3, 0.4) is 0 Å². The van der Waals surface area contributed by atoms with Gasteiger partial charge in [0.1, 0.15) is 0 Å². The van der Waals surface area contributed by atoms with Crippen molar-refractivity contribution in [3.8, 4) is 0 Å². The highest BCUT2D eigenvalue weighted by Gasteiger charge is 2.29. The molecule has 0 amide bonds. The Labute approximate surface area is 100.0 Å². The van der Waals surface area contributed by atoms with Crippen LogP contribution in [0, 0.1) is 0 Å². The first-order valence-electron chi connectivity index (χ1n) is 4.33. The van der Waals surface area contributed by atoms with Crippen LogP contribution in [0.4, 0.5) is 13.2 Å². The first-order valence-corrected chi connectivity index (χ1v) is 5.59. The molecule has 0 aliphatic rings. The monoisotopic (exact) mass is 268 g/mol. The Morgan fingerprint density at radius 3 is 2.19 bits per heavy atom. The number of benzene rings is 1. The molecule has 0 radical (unpaired) electrons. The molecule has 0 aliphatic heterocycles. The van der Waals surface area contributed by atoms with Crippen molar-refractivity contribution in [2.75, 3.05) is 0 Å². The van der Waals surface area contributed by atoms with Crippen LogP contribution in [0.2, 0.25) is 0 Å². The third-order valence-electron chi connectivity index (χ3n) is 1.73. The van der Waals surface area contributed by atoms with Crippen molar-refractivity contribution < 1.29 is 18.0 Å². The lowest BCUT2D eigenvalue weighted by molar-refractivity contribution is -0.0328. The van der Waals surface area contributed by atoms with Gasteiger partial charge in [0.15, 0.2) is 5.78 Å². The fraction of sp³-hybridized carbons (Fsp3) is 0.300. The van der Waals surface area contributed by atoms with E-state index in [1.54, 1.807) is 0 Å². The molecular formula is C10H8ClF3OS. The maximum absolute atomic E-state index is 12.0. The summed E-state index contributed by atoms with van der Waals surface area (Å²) in [6.07, 6.45) is 0. The fourth-order valence-corrected chi connectivity index (χ4v) is 1.72. The van der Waals surface area contributed by atoms with Crippen LogP contribution in [0.5, 0.6) is 0 Å². The van der Waals surface area contributed by atoms with Crippen molar-refractivity contribution in [1.82, 2.24) is 0 Å². The number of hydrogen-bond donors (Lipinski definition) is 0. The molecule has 1 atom stereocenters. The minimum atomic E-state index is -4.31. The summed E-state index contributed by atoms with van der Waals surface area (Å²) in [6, 6.07) is 5.19. The van der Waals surface area contributed by atoms with Crippen molar-refractivity contribution in [2.24, 2.45) is 0 Å². The summed E-state index contributed by atoms with van der Waals surface area (Å²) in [7, 11) is 0. The van der Waals surface area contributed by atoms with Crippen LogP contribution in [-0.2, 0) is 0 Å². The Balaban J connectivity index is 2.80. The summed E-state index contributed by atoms with van der Waals surface area (Å²) in [5.41, 5.74) is -4.00. The average molecular weight is 269 g/mol. The van der Waals surface area contributed by atoms with Gasteiger partial charge in [0, 0.05) is 10.5 Å². The van der Waals surface area contributed by atoms with Gasteiger partial charge in [-0.15, -0.1) is 11.6 Å². The van der Waals surface area contributed by atoms with Gasteiger partial charge in [-0.05, 0) is 30.8 Å². The summed E-state index contributed by atoms with van der Waals surface area (Å²) in [5.74, 6) is -0.301. The molecule has 1 unspecified atom stereocenters. The zero-order chi connectivity index (χ0) is 12.3. The first-order chi connectivity index (χ1) is 7.29. The standard InChI is InChI=1S/C10H8ClF3OS/c1-6(11)9(15)7-2-4-8(5-3-7)16-10(12,13)14/h2-6H,1H3. The second kappa shape index (κ2) is 5.10. The molecule has 0 N–H and O–H groups in total. The summed E-state index contributed by atoms with van der Waals surface area (Å²) < 4.78 is 36.0. The number of Topliss-reactive ketones (excluding diaryl/α,β-unsaturated/α-hetero) is 1. The molecule has 0 fully saturated rings. The molecule has 0 saturated carbocycles. The van der Waals surface area contributed by atoms with E-state index in [-0.39, 0.29) is 22.4 Å². The quantitative estimate of drug-likeness (QED) is 0.466. The summed E-state index contributed by atoms with van der Waals surface area (Å²) in [4.78, 5) is 11.4. The van der Waals surface area contributed by atoms with Crippen LogP contribution >= 0.6 is 23.4 Å². The molecular weight excluding hydrogens is 261 g/mol. The van der Waals surface area contributed by atoms with Crippen molar-refractivity contribution in [3.05, 3.63) is 29.8 Å². The molecule has 1 nitrogen and oxygen atoms in total. The smallest absolute Gasteiger partial charge is 0.293 e. The molecule has 1 rings (SSSR count).